The van der Waals surface area contributed by atoms with Crippen LogP contribution in [0.15, 0.2) is 72.8 Å². The number of rotatable bonds is 5. The van der Waals surface area contributed by atoms with Crippen molar-refractivity contribution in [3.05, 3.63) is 95.3 Å². The van der Waals surface area contributed by atoms with Gasteiger partial charge in [-0.2, -0.15) is 0 Å². The van der Waals surface area contributed by atoms with E-state index in [9.17, 15) is 18.8 Å². The molecule has 1 unspecified atom stereocenters. The monoisotopic (exact) mass is 431 g/mol. The van der Waals surface area contributed by atoms with Crippen molar-refractivity contribution in [3.8, 4) is 11.5 Å². The van der Waals surface area contributed by atoms with E-state index in [-0.39, 0.29) is 18.7 Å². The average molecular weight is 431 g/mol. The van der Waals surface area contributed by atoms with Crippen LogP contribution >= 0.6 is 0 Å². The van der Waals surface area contributed by atoms with Crippen molar-refractivity contribution >= 4 is 17.8 Å². The predicted molar refractivity (Wildman–Crippen MR) is 112 cm³/mol. The number of halogens is 1. The second-order valence-electron chi connectivity index (χ2n) is 7.72. The Morgan fingerprint density at radius 1 is 0.938 bits per heavy atom. The normalized spacial score (nSPS) is 19.5. The molecular weight excluding hydrogens is 413 g/mol. The number of carbonyl (C=O) groups excluding carboxylic acids is 3. The highest BCUT2D eigenvalue weighted by atomic mass is 19.1. The fourth-order valence-corrected chi connectivity index (χ4v) is 4.09. The first kappa shape index (κ1) is 19.7. The molecule has 3 aromatic rings. The summed E-state index contributed by atoms with van der Waals surface area (Å²) in [5.74, 6) is -0.393. The zero-order chi connectivity index (χ0) is 22.3. The van der Waals surface area contributed by atoms with Crippen molar-refractivity contribution in [2.75, 3.05) is 6.54 Å². The molecule has 2 heterocycles. The summed E-state index contributed by atoms with van der Waals surface area (Å²) < 4.78 is 19.5. The minimum atomic E-state index is -1.51. The molecule has 0 aromatic heterocycles. The zero-order valence-corrected chi connectivity index (χ0v) is 16.8. The lowest BCUT2D eigenvalue weighted by molar-refractivity contribution is -0.124. The topological polar surface area (TPSA) is 87.7 Å². The number of hydrogen-bond acceptors (Lipinski definition) is 4. The van der Waals surface area contributed by atoms with E-state index < -0.39 is 29.2 Å². The minimum Gasteiger partial charge on any atom is -0.457 e. The summed E-state index contributed by atoms with van der Waals surface area (Å²) in [4.78, 5) is 39.4. The second-order valence-corrected chi connectivity index (χ2v) is 7.72. The maximum absolute atomic E-state index is 13.6. The van der Waals surface area contributed by atoms with E-state index in [1.54, 1.807) is 42.5 Å². The van der Waals surface area contributed by atoms with Crippen LogP contribution in [0, 0.1) is 5.82 Å². The molecule has 0 spiro atoms. The molecule has 8 heteroatoms. The van der Waals surface area contributed by atoms with Crippen LogP contribution in [-0.4, -0.2) is 29.3 Å². The van der Waals surface area contributed by atoms with Crippen molar-refractivity contribution in [2.24, 2.45) is 0 Å². The number of fused-ring (bicyclic) bond motifs is 1. The molecule has 1 saturated heterocycles. The van der Waals surface area contributed by atoms with Crippen LogP contribution in [0.3, 0.4) is 0 Å². The number of nitrogens with one attached hydrogen (secondary N) is 2. The average Bonchev–Trinajstić information content (AvgIpc) is 3.25. The van der Waals surface area contributed by atoms with Crippen molar-refractivity contribution in [2.45, 2.75) is 12.1 Å². The molecule has 7 nitrogen and oxygen atoms in total. The summed E-state index contributed by atoms with van der Waals surface area (Å²) in [6.45, 7) is 0.0913. The number of amides is 4. The number of ether oxygens (including phenoxy) is 1. The lowest BCUT2D eigenvalue weighted by Gasteiger charge is -2.31. The highest BCUT2D eigenvalue weighted by Gasteiger charge is 2.50. The predicted octanol–water partition coefficient (Wildman–Crippen LogP) is 3.31. The van der Waals surface area contributed by atoms with E-state index in [1.807, 2.05) is 18.2 Å². The van der Waals surface area contributed by atoms with Gasteiger partial charge in [0.2, 0.25) is 0 Å². The van der Waals surface area contributed by atoms with Crippen molar-refractivity contribution in [3.63, 3.8) is 0 Å². The quantitative estimate of drug-likeness (QED) is 0.607. The number of carbonyl (C=O) groups is 3. The molecule has 4 amide bonds. The maximum atomic E-state index is 13.6. The Hall–Kier alpha value is -4.20. The molecule has 1 fully saturated rings. The van der Waals surface area contributed by atoms with Crippen LogP contribution in [0.2, 0.25) is 0 Å². The number of hydrogen-bond donors (Lipinski definition) is 2. The molecule has 5 rings (SSSR count). The van der Waals surface area contributed by atoms with Gasteiger partial charge >= 0.3 is 6.03 Å². The van der Waals surface area contributed by atoms with Gasteiger partial charge in [0.05, 0.1) is 6.54 Å². The minimum absolute atomic E-state index is 0.117. The Morgan fingerprint density at radius 2 is 1.72 bits per heavy atom. The first-order valence-electron chi connectivity index (χ1n) is 9.99. The van der Waals surface area contributed by atoms with E-state index >= 15 is 0 Å². The van der Waals surface area contributed by atoms with Gasteiger partial charge in [0.25, 0.3) is 11.8 Å². The summed E-state index contributed by atoms with van der Waals surface area (Å²) in [5, 5.41) is 4.95. The molecular formula is C24H18FN3O4. The fraction of sp³-hybridized carbons (Fsp3) is 0.125. The van der Waals surface area contributed by atoms with Gasteiger partial charge < -0.3 is 15.0 Å². The number of urea groups is 1. The summed E-state index contributed by atoms with van der Waals surface area (Å²) in [5.41, 5.74) is -0.128. The van der Waals surface area contributed by atoms with Gasteiger partial charge in [0.1, 0.15) is 17.3 Å². The van der Waals surface area contributed by atoms with E-state index in [0.717, 1.165) is 0 Å². The molecule has 2 aliphatic rings. The Morgan fingerprint density at radius 3 is 2.47 bits per heavy atom. The lowest BCUT2D eigenvalue weighted by Crippen LogP contribution is -2.52. The summed E-state index contributed by atoms with van der Waals surface area (Å²) >= 11 is 0. The first-order valence-corrected chi connectivity index (χ1v) is 9.99. The molecule has 0 bridgehead atoms. The van der Waals surface area contributed by atoms with Gasteiger partial charge in [-0.3, -0.25) is 14.9 Å². The Bertz CT molecular complexity index is 1250. The van der Waals surface area contributed by atoms with Crippen LogP contribution in [0.4, 0.5) is 9.18 Å². The summed E-state index contributed by atoms with van der Waals surface area (Å²) in [6, 6.07) is 19.3. The van der Waals surface area contributed by atoms with Crippen LogP contribution < -0.4 is 15.4 Å². The first-order chi connectivity index (χ1) is 15.4. The highest BCUT2D eigenvalue weighted by Crippen LogP contribution is 2.33. The third-order valence-electron chi connectivity index (χ3n) is 5.63. The third kappa shape index (κ3) is 3.35. The number of nitrogens with zero attached hydrogens (tertiary/aromatic N) is 1. The molecule has 160 valence electrons. The van der Waals surface area contributed by atoms with Gasteiger partial charge in [-0.05, 0) is 47.5 Å². The van der Waals surface area contributed by atoms with Crippen LogP contribution in [0.1, 0.15) is 21.5 Å². The van der Waals surface area contributed by atoms with Gasteiger partial charge in [-0.25, -0.2) is 9.18 Å². The molecule has 3 aromatic carbocycles. The van der Waals surface area contributed by atoms with Crippen LogP contribution in [0.25, 0.3) is 0 Å². The van der Waals surface area contributed by atoms with E-state index in [0.29, 0.717) is 22.6 Å². The van der Waals surface area contributed by atoms with Crippen molar-refractivity contribution in [1.82, 2.24) is 15.5 Å². The molecule has 0 radical (unpaired) electrons. The Labute approximate surface area is 182 Å². The number of benzene rings is 3. The highest BCUT2D eigenvalue weighted by molar-refractivity contribution is 6.08. The van der Waals surface area contributed by atoms with Crippen molar-refractivity contribution in [1.29, 1.82) is 0 Å². The summed E-state index contributed by atoms with van der Waals surface area (Å²) in [7, 11) is 0. The van der Waals surface area contributed by atoms with Gasteiger partial charge in [0.15, 0.2) is 5.54 Å². The van der Waals surface area contributed by atoms with Crippen LogP contribution in [-0.2, 0) is 16.9 Å². The smallest absolute Gasteiger partial charge is 0.322 e. The second kappa shape index (κ2) is 7.49. The molecule has 2 aliphatic heterocycles. The van der Waals surface area contributed by atoms with Crippen LogP contribution in [0.5, 0.6) is 11.5 Å². The van der Waals surface area contributed by atoms with E-state index in [4.69, 9.17) is 4.74 Å². The van der Waals surface area contributed by atoms with Gasteiger partial charge in [-0.1, -0.05) is 36.4 Å². The molecule has 0 saturated carbocycles. The van der Waals surface area contributed by atoms with Gasteiger partial charge in [0, 0.05) is 12.1 Å². The Kier molecular flexibility index (Phi) is 4.62. The number of para-hydroxylation sites is 1. The summed E-state index contributed by atoms with van der Waals surface area (Å²) in [6.07, 6.45) is 0. The SMILES string of the molecule is O=C1NC(=O)C(CN2Cc3ccc(F)cc3C2=O)(c2cccc(Oc3ccccc3)c2)N1. The Balaban J connectivity index is 1.49. The largest absolute Gasteiger partial charge is 0.457 e. The molecule has 1 atom stereocenters. The molecule has 2 N–H and O–H groups in total. The van der Waals surface area contributed by atoms with E-state index in [2.05, 4.69) is 10.6 Å². The van der Waals surface area contributed by atoms with E-state index in [1.165, 1.54) is 17.0 Å². The number of imide groups is 1. The molecule has 0 aliphatic carbocycles. The standard InChI is InChI=1S/C24H18FN3O4/c25-17-10-9-15-13-28(21(29)20(15)12-17)14-24(22(30)26-23(31)27-24)16-5-4-8-19(11-16)32-18-6-2-1-3-7-18/h1-12H,13-14H2,(H2,26,27,30,31). The fourth-order valence-electron chi connectivity index (χ4n) is 4.09. The third-order valence-corrected chi connectivity index (χ3v) is 5.63. The lowest BCUT2D eigenvalue weighted by atomic mass is 9.89. The maximum Gasteiger partial charge on any atom is 0.322 e. The van der Waals surface area contributed by atoms with Crippen molar-refractivity contribution < 1.29 is 23.5 Å². The molecule has 32 heavy (non-hydrogen) atoms. The zero-order valence-electron chi connectivity index (χ0n) is 16.8. The van der Waals surface area contributed by atoms with Gasteiger partial charge in [-0.15, -0.1) is 0 Å².